The Morgan fingerprint density at radius 2 is 2.29 bits per heavy atom. The summed E-state index contributed by atoms with van der Waals surface area (Å²) in [4.78, 5) is 13.0. The van der Waals surface area contributed by atoms with Gasteiger partial charge in [-0.15, -0.1) is 0 Å². The molecule has 1 aromatic carbocycles. The van der Waals surface area contributed by atoms with E-state index in [2.05, 4.69) is 6.58 Å². The van der Waals surface area contributed by atoms with Crippen molar-refractivity contribution < 1.29 is 9.53 Å². The van der Waals surface area contributed by atoms with Crippen molar-refractivity contribution in [3.63, 3.8) is 0 Å². The molecule has 0 radical (unpaired) electrons. The molecule has 0 bridgehead atoms. The van der Waals surface area contributed by atoms with Crippen molar-refractivity contribution in [3.05, 3.63) is 36.4 Å². The van der Waals surface area contributed by atoms with Crippen LogP contribution in [0.4, 0.5) is 5.69 Å². The van der Waals surface area contributed by atoms with Gasteiger partial charge in [0.25, 0.3) is 5.91 Å². The Morgan fingerprint density at radius 3 is 2.86 bits per heavy atom. The number of carbonyl (C=O) groups excluding carboxylic acids is 1. The van der Waals surface area contributed by atoms with E-state index in [1.165, 1.54) is 0 Å². The lowest BCUT2D eigenvalue weighted by molar-refractivity contribution is -0.117. The zero-order chi connectivity index (χ0) is 10.1. The quantitative estimate of drug-likeness (QED) is 0.522. The van der Waals surface area contributed by atoms with Crippen LogP contribution < -0.4 is 9.64 Å². The average molecular weight is 189 g/mol. The molecule has 0 spiro atoms. The van der Waals surface area contributed by atoms with E-state index in [4.69, 9.17) is 4.74 Å². The first kappa shape index (κ1) is 8.81. The lowest BCUT2D eigenvalue weighted by Crippen LogP contribution is -2.45. The van der Waals surface area contributed by atoms with E-state index < -0.39 is 0 Å². The van der Waals surface area contributed by atoms with Gasteiger partial charge in [-0.2, -0.15) is 0 Å². The van der Waals surface area contributed by atoms with Gasteiger partial charge in [-0.05, 0) is 12.1 Å². The summed E-state index contributed by atoms with van der Waals surface area (Å²) in [6, 6.07) is 7.43. The Hall–Kier alpha value is -1.77. The lowest BCUT2D eigenvalue weighted by Gasteiger charge is -2.32. The maximum Gasteiger partial charge on any atom is 0.255 e. The van der Waals surface area contributed by atoms with E-state index in [-0.39, 0.29) is 5.91 Å². The Bertz CT molecular complexity index is 398. The molecule has 14 heavy (non-hydrogen) atoms. The molecule has 3 nitrogen and oxygen atoms in total. The Kier molecular flexibility index (Phi) is 2.00. The number of rotatable bonds is 2. The number of amides is 1. The molecule has 3 heteroatoms. The van der Waals surface area contributed by atoms with Crippen molar-refractivity contribution in [1.82, 2.24) is 0 Å². The number of carbonyl (C=O) groups is 1. The predicted molar refractivity (Wildman–Crippen MR) is 54.5 cm³/mol. The third-order valence-corrected chi connectivity index (χ3v) is 2.26. The van der Waals surface area contributed by atoms with Crippen molar-refractivity contribution in [1.29, 1.82) is 0 Å². The standard InChI is InChI=1S/C11H11NO2/c1-8-7-12(11(8)13)9-4-3-5-10(6-9)14-2/h3-6H,1,7H2,2H3. The fourth-order valence-electron chi connectivity index (χ4n) is 1.42. The van der Waals surface area contributed by atoms with E-state index in [0.29, 0.717) is 12.1 Å². The molecule has 1 fully saturated rings. The minimum Gasteiger partial charge on any atom is -0.497 e. The van der Waals surface area contributed by atoms with Crippen LogP contribution in [0.1, 0.15) is 0 Å². The molecule has 2 rings (SSSR count). The number of ether oxygens (including phenoxy) is 1. The van der Waals surface area contributed by atoms with Crippen molar-refractivity contribution in [2.24, 2.45) is 0 Å². The third kappa shape index (κ3) is 1.27. The highest BCUT2D eigenvalue weighted by Gasteiger charge is 2.29. The topological polar surface area (TPSA) is 29.5 Å². The second kappa shape index (κ2) is 3.18. The highest BCUT2D eigenvalue weighted by Crippen LogP contribution is 2.27. The Labute approximate surface area is 82.6 Å². The number of nitrogens with zero attached hydrogens (tertiary/aromatic N) is 1. The predicted octanol–water partition coefficient (Wildman–Crippen LogP) is 1.60. The fraction of sp³-hybridized carbons (Fsp3) is 0.182. The molecule has 1 saturated heterocycles. The summed E-state index contributed by atoms with van der Waals surface area (Å²) in [5.41, 5.74) is 1.52. The van der Waals surface area contributed by atoms with Crippen molar-refractivity contribution >= 4 is 11.6 Å². The number of methoxy groups -OCH3 is 1. The minimum absolute atomic E-state index is 0.00162. The Balaban J connectivity index is 2.25. The van der Waals surface area contributed by atoms with Crippen LogP contribution in [0, 0.1) is 0 Å². The van der Waals surface area contributed by atoms with Crippen LogP contribution in [0.25, 0.3) is 0 Å². The normalized spacial score (nSPS) is 15.4. The van der Waals surface area contributed by atoms with Gasteiger partial charge in [0.05, 0.1) is 13.7 Å². The highest BCUT2D eigenvalue weighted by atomic mass is 16.5. The number of hydrogen-bond donors (Lipinski definition) is 0. The first-order valence-corrected chi connectivity index (χ1v) is 4.36. The monoisotopic (exact) mass is 189 g/mol. The molecule has 0 atom stereocenters. The minimum atomic E-state index is -0.00162. The zero-order valence-corrected chi connectivity index (χ0v) is 7.99. The van der Waals surface area contributed by atoms with Crippen LogP contribution in [0.5, 0.6) is 5.75 Å². The largest absolute Gasteiger partial charge is 0.497 e. The second-order valence-corrected chi connectivity index (χ2v) is 3.20. The molecule has 1 aliphatic rings. The van der Waals surface area contributed by atoms with E-state index in [1.807, 2.05) is 24.3 Å². The fourth-order valence-corrected chi connectivity index (χ4v) is 1.42. The molecule has 1 amide bonds. The zero-order valence-electron chi connectivity index (χ0n) is 7.99. The van der Waals surface area contributed by atoms with Crippen LogP contribution in [0.15, 0.2) is 36.4 Å². The summed E-state index contributed by atoms with van der Waals surface area (Å²) < 4.78 is 5.08. The first-order chi connectivity index (χ1) is 6.72. The second-order valence-electron chi connectivity index (χ2n) is 3.20. The van der Waals surface area contributed by atoms with Crippen LogP contribution in [-0.2, 0) is 4.79 Å². The average Bonchev–Trinajstić information content (AvgIpc) is 2.25. The van der Waals surface area contributed by atoms with Gasteiger partial charge in [-0.3, -0.25) is 4.79 Å². The van der Waals surface area contributed by atoms with Gasteiger partial charge in [-0.1, -0.05) is 12.6 Å². The lowest BCUT2D eigenvalue weighted by atomic mass is 10.1. The molecule has 1 aromatic rings. The maximum absolute atomic E-state index is 11.3. The maximum atomic E-state index is 11.3. The van der Waals surface area contributed by atoms with Gasteiger partial charge in [0.15, 0.2) is 0 Å². The number of anilines is 1. The smallest absolute Gasteiger partial charge is 0.255 e. The molecule has 0 aliphatic carbocycles. The van der Waals surface area contributed by atoms with Gasteiger partial charge in [0.1, 0.15) is 5.75 Å². The van der Waals surface area contributed by atoms with E-state index in [9.17, 15) is 4.79 Å². The third-order valence-electron chi connectivity index (χ3n) is 2.26. The van der Waals surface area contributed by atoms with Crippen molar-refractivity contribution in [2.45, 2.75) is 0 Å². The number of β-lactam (4-membered cyclic amide) rings is 1. The molecule has 1 heterocycles. The molecule has 0 N–H and O–H groups in total. The summed E-state index contributed by atoms with van der Waals surface area (Å²) in [6.45, 7) is 4.25. The SMILES string of the molecule is C=C1CN(c2cccc(OC)c2)C1=O. The van der Waals surface area contributed by atoms with Crippen LogP contribution in [-0.4, -0.2) is 19.6 Å². The summed E-state index contributed by atoms with van der Waals surface area (Å²) >= 11 is 0. The molecule has 0 saturated carbocycles. The van der Waals surface area contributed by atoms with E-state index in [1.54, 1.807) is 12.0 Å². The van der Waals surface area contributed by atoms with Crippen LogP contribution in [0.3, 0.4) is 0 Å². The summed E-state index contributed by atoms with van der Waals surface area (Å²) in [6.07, 6.45) is 0. The number of hydrogen-bond acceptors (Lipinski definition) is 2. The molecular formula is C11H11NO2. The van der Waals surface area contributed by atoms with Crippen molar-refractivity contribution in [2.75, 3.05) is 18.6 Å². The van der Waals surface area contributed by atoms with E-state index >= 15 is 0 Å². The van der Waals surface area contributed by atoms with Crippen LogP contribution in [0.2, 0.25) is 0 Å². The molecular weight excluding hydrogens is 178 g/mol. The molecule has 1 aliphatic heterocycles. The van der Waals surface area contributed by atoms with Gasteiger partial charge in [0, 0.05) is 17.3 Å². The molecule has 0 aromatic heterocycles. The van der Waals surface area contributed by atoms with Gasteiger partial charge in [0.2, 0.25) is 0 Å². The molecule has 0 unspecified atom stereocenters. The highest BCUT2D eigenvalue weighted by molar-refractivity contribution is 6.13. The van der Waals surface area contributed by atoms with Gasteiger partial charge < -0.3 is 9.64 Å². The molecule has 72 valence electrons. The number of benzene rings is 1. The summed E-state index contributed by atoms with van der Waals surface area (Å²) in [7, 11) is 1.61. The van der Waals surface area contributed by atoms with E-state index in [0.717, 1.165) is 11.4 Å². The van der Waals surface area contributed by atoms with Gasteiger partial charge in [-0.25, -0.2) is 0 Å². The van der Waals surface area contributed by atoms with Crippen LogP contribution >= 0.6 is 0 Å². The van der Waals surface area contributed by atoms with Crippen molar-refractivity contribution in [3.8, 4) is 5.75 Å². The summed E-state index contributed by atoms with van der Waals surface area (Å²) in [5.74, 6) is 0.756. The Morgan fingerprint density at radius 1 is 1.50 bits per heavy atom. The summed E-state index contributed by atoms with van der Waals surface area (Å²) in [5, 5.41) is 0. The first-order valence-electron chi connectivity index (χ1n) is 4.36. The van der Waals surface area contributed by atoms with Gasteiger partial charge >= 0.3 is 0 Å².